The largest absolute Gasteiger partial charge is 0.333 e. The van der Waals surface area contributed by atoms with E-state index in [0.29, 0.717) is 18.8 Å². The van der Waals surface area contributed by atoms with E-state index in [4.69, 9.17) is 9.47 Å². The van der Waals surface area contributed by atoms with Crippen LogP contribution in [-0.2, 0) is 9.47 Å². The van der Waals surface area contributed by atoms with Gasteiger partial charge in [0.1, 0.15) is 0 Å². The minimum Gasteiger partial charge on any atom is -0.333 e. The molecule has 0 saturated carbocycles. The minimum absolute atomic E-state index is 0.183. The zero-order valence-electron chi connectivity index (χ0n) is 7.60. The van der Waals surface area contributed by atoms with Crippen molar-refractivity contribution < 1.29 is 14.3 Å². The summed E-state index contributed by atoms with van der Waals surface area (Å²) >= 11 is 0. The molecule has 1 fully saturated rings. The van der Waals surface area contributed by atoms with Crippen molar-refractivity contribution in [2.45, 2.75) is 6.41 Å². The Bertz CT molecular complexity index is 306. The van der Waals surface area contributed by atoms with Crippen LogP contribution in [0.3, 0.4) is 0 Å². The van der Waals surface area contributed by atoms with Gasteiger partial charge in [-0.25, -0.2) is 0 Å². The number of hydrogen-bond donors (Lipinski definition) is 1. The molecule has 1 aromatic rings. The van der Waals surface area contributed by atoms with Crippen LogP contribution in [0.2, 0.25) is 0 Å². The normalized spacial score (nSPS) is 16.9. The Morgan fingerprint density at radius 3 is 2.50 bits per heavy atom. The van der Waals surface area contributed by atoms with Crippen LogP contribution >= 0.6 is 0 Å². The predicted molar refractivity (Wildman–Crippen MR) is 49.6 cm³/mol. The number of hydrogen-bond acceptors (Lipinski definition) is 3. The van der Waals surface area contributed by atoms with Crippen molar-refractivity contribution >= 4 is 5.91 Å². The SMILES string of the molecule is O=C(NC1OCCO1)c1ccccc1. The summed E-state index contributed by atoms with van der Waals surface area (Å²) in [6, 6.07) is 8.96. The van der Waals surface area contributed by atoms with Gasteiger partial charge in [-0.05, 0) is 12.1 Å². The predicted octanol–water partition coefficient (Wildman–Crippen LogP) is 0.747. The summed E-state index contributed by atoms with van der Waals surface area (Å²) in [7, 11) is 0. The van der Waals surface area contributed by atoms with E-state index in [-0.39, 0.29) is 5.91 Å². The summed E-state index contributed by atoms with van der Waals surface area (Å²) < 4.78 is 10.2. The van der Waals surface area contributed by atoms with Crippen molar-refractivity contribution in [1.29, 1.82) is 0 Å². The van der Waals surface area contributed by atoms with E-state index in [1.807, 2.05) is 18.2 Å². The standard InChI is InChI=1S/C10H11NO3/c12-9(8-4-2-1-3-5-8)11-10-13-6-7-14-10/h1-5,10H,6-7H2,(H,11,12). The molecule has 0 bridgehead atoms. The molecule has 74 valence electrons. The summed E-state index contributed by atoms with van der Waals surface area (Å²) in [4.78, 5) is 11.5. The quantitative estimate of drug-likeness (QED) is 0.753. The van der Waals surface area contributed by atoms with E-state index < -0.39 is 6.41 Å². The highest BCUT2D eigenvalue weighted by molar-refractivity contribution is 5.94. The van der Waals surface area contributed by atoms with E-state index in [1.165, 1.54) is 0 Å². The van der Waals surface area contributed by atoms with Crippen molar-refractivity contribution in [1.82, 2.24) is 5.32 Å². The molecule has 1 amide bonds. The molecule has 1 heterocycles. The maximum atomic E-state index is 11.5. The fourth-order valence-electron chi connectivity index (χ4n) is 1.22. The molecule has 0 aliphatic carbocycles. The smallest absolute Gasteiger partial charge is 0.255 e. The van der Waals surface area contributed by atoms with E-state index >= 15 is 0 Å². The van der Waals surface area contributed by atoms with Gasteiger partial charge in [0.15, 0.2) is 0 Å². The maximum absolute atomic E-state index is 11.5. The highest BCUT2D eigenvalue weighted by atomic mass is 16.7. The summed E-state index contributed by atoms with van der Waals surface area (Å²) in [5, 5.41) is 2.61. The Morgan fingerprint density at radius 2 is 1.86 bits per heavy atom. The van der Waals surface area contributed by atoms with Crippen LogP contribution in [0.15, 0.2) is 30.3 Å². The Hall–Kier alpha value is -1.39. The zero-order chi connectivity index (χ0) is 9.80. The maximum Gasteiger partial charge on any atom is 0.255 e. The molecular formula is C10H11NO3. The molecule has 4 heteroatoms. The number of nitrogens with one attached hydrogen (secondary N) is 1. The molecule has 0 aromatic heterocycles. The van der Waals surface area contributed by atoms with Crippen molar-refractivity contribution in [2.24, 2.45) is 0 Å². The molecule has 0 atom stereocenters. The first-order valence-electron chi connectivity index (χ1n) is 4.45. The summed E-state index contributed by atoms with van der Waals surface area (Å²) in [6.45, 7) is 1.06. The highest BCUT2D eigenvalue weighted by Gasteiger charge is 2.18. The van der Waals surface area contributed by atoms with Crippen LogP contribution in [0, 0.1) is 0 Å². The van der Waals surface area contributed by atoms with Gasteiger partial charge in [0.2, 0.25) is 6.41 Å². The van der Waals surface area contributed by atoms with Gasteiger partial charge in [-0.1, -0.05) is 18.2 Å². The van der Waals surface area contributed by atoms with Crippen LogP contribution in [0.5, 0.6) is 0 Å². The second-order valence-corrected chi connectivity index (χ2v) is 2.91. The molecule has 1 aromatic carbocycles. The Labute approximate surface area is 81.8 Å². The molecule has 1 saturated heterocycles. The fraction of sp³-hybridized carbons (Fsp3) is 0.300. The lowest BCUT2D eigenvalue weighted by Gasteiger charge is -2.10. The number of carbonyl (C=O) groups excluding carboxylic acids is 1. The topological polar surface area (TPSA) is 47.6 Å². The average molecular weight is 193 g/mol. The molecule has 1 aliphatic heterocycles. The molecule has 0 spiro atoms. The van der Waals surface area contributed by atoms with Gasteiger partial charge < -0.3 is 14.8 Å². The summed E-state index contributed by atoms with van der Waals surface area (Å²) in [6.07, 6.45) is -0.595. The van der Waals surface area contributed by atoms with E-state index in [0.717, 1.165) is 0 Å². The van der Waals surface area contributed by atoms with Crippen molar-refractivity contribution in [2.75, 3.05) is 13.2 Å². The van der Waals surface area contributed by atoms with Gasteiger partial charge in [-0.3, -0.25) is 4.79 Å². The second-order valence-electron chi connectivity index (χ2n) is 2.91. The lowest BCUT2D eigenvalue weighted by Crippen LogP contribution is -2.35. The molecular weight excluding hydrogens is 182 g/mol. The lowest BCUT2D eigenvalue weighted by molar-refractivity contribution is -0.0592. The van der Waals surface area contributed by atoms with E-state index in [1.54, 1.807) is 12.1 Å². The molecule has 4 nitrogen and oxygen atoms in total. The number of benzene rings is 1. The third-order valence-corrected chi connectivity index (χ3v) is 1.91. The van der Waals surface area contributed by atoms with Gasteiger partial charge in [0.05, 0.1) is 13.2 Å². The van der Waals surface area contributed by atoms with Crippen LogP contribution in [-0.4, -0.2) is 25.5 Å². The molecule has 1 aliphatic rings. The fourth-order valence-corrected chi connectivity index (χ4v) is 1.22. The van der Waals surface area contributed by atoms with Gasteiger partial charge in [0.25, 0.3) is 5.91 Å². The highest BCUT2D eigenvalue weighted by Crippen LogP contribution is 2.03. The number of ether oxygens (including phenoxy) is 2. The molecule has 14 heavy (non-hydrogen) atoms. The summed E-state index contributed by atoms with van der Waals surface area (Å²) in [5.41, 5.74) is 0.603. The number of amides is 1. The van der Waals surface area contributed by atoms with E-state index in [9.17, 15) is 4.79 Å². The zero-order valence-corrected chi connectivity index (χ0v) is 7.60. The third-order valence-electron chi connectivity index (χ3n) is 1.91. The lowest BCUT2D eigenvalue weighted by atomic mass is 10.2. The molecule has 0 radical (unpaired) electrons. The van der Waals surface area contributed by atoms with Crippen LogP contribution < -0.4 is 5.32 Å². The number of carbonyl (C=O) groups is 1. The molecule has 0 unspecified atom stereocenters. The Balaban J connectivity index is 1.95. The first-order valence-corrected chi connectivity index (χ1v) is 4.45. The van der Waals surface area contributed by atoms with Gasteiger partial charge in [-0.2, -0.15) is 0 Å². The summed E-state index contributed by atoms with van der Waals surface area (Å²) in [5.74, 6) is -0.183. The van der Waals surface area contributed by atoms with Gasteiger partial charge in [-0.15, -0.1) is 0 Å². The van der Waals surface area contributed by atoms with Gasteiger partial charge >= 0.3 is 0 Å². The van der Waals surface area contributed by atoms with E-state index in [2.05, 4.69) is 5.32 Å². The second kappa shape index (κ2) is 4.21. The average Bonchev–Trinajstić information content (AvgIpc) is 2.72. The Kier molecular flexibility index (Phi) is 2.76. The van der Waals surface area contributed by atoms with Gasteiger partial charge in [0, 0.05) is 5.56 Å². The van der Waals surface area contributed by atoms with Crippen LogP contribution in [0.25, 0.3) is 0 Å². The Morgan fingerprint density at radius 1 is 1.21 bits per heavy atom. The van der Waals surface area contributed by atoms with Crippen molar-refractivity contribution in [3.8, 4) is 0 Å². The molecule has 1 N–H and O–H groups in total. The first kappa shape index (κ1) is 9.18. The van der Waals surface area contributed by atoms with Crippen molar-refractivity contribution in [3.63, 3.8) is 0 Å². The third kappa shape index (κ3) is 2.10. The molecule has 2 rings (SSSR count). The monoisotopic (exact) mass is 193 g/mol. The van der Waals surface area contributed by atoms with Crippen LogP contribution in [0.1, 0.15) is 10.4 Å². The van der Waals surface area contributed by atoms with Crippen LogP contribution in [0.4, 0.5) is 0 Å². The minimum atomic E-state index is -0.595. The number of rotatable bonds is 2. The first-order chi connectivity index (χ1) is 6.86. The van der Waals surface area contributed by atoms with Crippen molar-refractivity contribution in [3.05, 3.63) is 35.9 Å².